The molecule has 12 nitrogen and oxygen atoms in total. The van der Waals surface area contributed by atoms with Gasteiger partial charge in [0.15, 0.2) is 0 Å². The minimum absolute atomic E-state index is 0.0806. The maximum atomic E-state index is 13.1. The standard InChI is InChI=1S/C22H37N7O5/c1-13(2)18(24)21(32)29-9-5-7-17(29)20(31)28-16(10-14-11-25-12-26-14)19(30)27-15(22(33)34)6-3-4-8-23/h11-13,15-18H,3-10,23-24H2,1-2H3,(H,25,26)(H,27,30)(H,28,31)(H,33,34). The molecule has 0 aliphatic carbocycles. The van der Waals surface area contributed by atoms with Gasteiger partial charge in [0.1, 0.15) is 18.1 Å². The van der Waals surface area contributed by atoms with Crippen LogP contribution in [0.2, 0.25) is 0 Å². The zero-order chi connectivity index (χ0) is 25.3. The molecule has 3 amide bonds. The molecule has 1 fully saturated rings. The van der Waals surface area contributed by atoms with E-state index >= 15 is 0 Å². The minimum atomic E-state index is -1.16. The summed E-state index contributed by atoms with van der Waals surface area (Å²) in [5.41, 5.74) is 12.1. The van der Waals surface area contributed by atoms with Gasteiger partial charge in [-0.15, -0.1) is 0 Å². The number of imidazole rings is 1. The Bertz CT molecular complexity index is 830. The summed E-state index contributed by atoms with van der Waals surface area (Å²) >= 11 is 0. The fraction of sp³-hybridized carbons (Fsp3) is 0.682. The minimum Gasteiger partial charge on any atom is -0.480 e. The lowest BCUT2D eigenvalue weighted by molar-refractivity contribution is -0.143. The second kappa shape index (κ2) is 13.0. The summed E-state index contributed by atoms with van der Waals surface area (Å²) in [6.45, 7) is 4.52. The zero-order valence-electron chi connectivity index (χ0n) is 19.8. The number of carbonyl (C=O) groups excluding carboxylic acids is 3. The van der Waals surface area contributed by atoms with E-state index in [-0.39, 0.29) is 24.7 Å². The zero-order valence-corrected chi connectivity index (χ0v) is 19.8. The van der Waals surface area contributed by atoms with Gasteiger partial charge in [0.25, 0.3) is 0 Å². The van der Waals surface area contributed by atoms with E-state index in [1.165, 1.54) is 17.4 Å². The highest BCUT2D eigenvalue weighted by Crippen LogP contribution is 2.20. The van der Waals surface area contributed by atoms with Crippen LogP contribution < -0.4 is 22.1 Å². The molecule has 1 saturated heterocycles. The number of likely N-dealkylation sites (tertiary alicyclic amines) is 1. The first-order chi connectivity index (χ1) is 16.1. The smallest absolute Gasteiger partial charge is 0.326 e. The van der Waals surface area contributed by atoms with E-state index in [4.69, 9.17) is 11.5 Å². The van der Waals surface area contributed by atoms with Crippen LogP contribution in [0.25, 0.3) is 0 Å². The average Bonchev–Trinajstić information content (AvgIpc) is 3.48. The van der Waals surface area contributed by atoms with Gasteiger partial charge in [-0.2, -0.15) is 0 Å². The summed E-state index contributed by atoms with van der Waals surface area (Å²) < 4.78 is 0. The number of amides is 3. The highest BCUT2D eigenvalue weighted by molar-refractivity contribution is 5.94. The summed E-state index contributed by atoms with van der Waals surface area (Å²) in [5, 5.41) is 14.7. The lowest BCUT2D eigenvalue weighted by Gasteiger charge is -2.29. The molecule has 0 spiro atoms. The van der Waals surface area contributed by atoms with E-state index < -0.39 is 42.0 Å². The third kappa shape index (κ3) is 7.52. The van der Waals surface area contributed by atoms with Crippen LogP contribution in [-0.4, -0.2) is 80.9 Å². The molecule has 4 atom stereocenters. The van der Waals surface area contributed by atoms with Crippen molar-refractivity contribution in [3.63, 3.8) is 0 Å². The van der Waals surface area contributed by atoms with Gasteiger partial charge in [0.05, 0.1) is 12.4 Å². The van der Waals surface area contributed by atoms with Gasteiger partial charge in [0.2, 0.25) is 17.7 Å². The maximum absolute atomic E-state index is 13.1. The van der Waals surface area contributed by atoms with Crippen molar-refractivity contribution in [3.05, 3.63) is 18.2 Å². The molecule has 190 valence electrons. The molecule has 0 saturated carbocycles. The van der Waals surface area contributed by atoms with Gasteiger partial charge in [-0.25, -0.2) is 9.78 Å². The number of carboxylic acids is 1. The van der Waals surface area contributed by atoms with Crippen LogP contribution >= 0.6 is 0 Å². The van der Waals surface area contributed by atoms with Crippen LogP contribution in [-0.2, 0) is 25.6 Å². The number of H-pyrrole nitrogens is 1. The van der Waals surface area contributed by atoms with Crippen molar-refractivity contribution in [2.24, 2.45) is 17.4 Å². The summed E-state index contributed by atoms with van der Waals surface area (Å²) in [6.07, 6.45) is 5.56. The van der Waals surface area contributed by atoms with Gasteiger partial charge in [-0.05, 0) is 44.6 Å². The molecular weight excluding hydrogens is 442 g/mol. The first-order valence-electron chi connectivity index (χ1n) is 11.7. The fourth-order valence-electron chi connectivity index (χ4n) is 3.90. The van der Waals surface area contributed by atoms with Crippen molar-refractivity contribution in [1.82, 2.24) is 25.5 Å². The third-order valence-electron chi connectivity index (χ3n) is 6.02. The Hall–Kier alpha value is -2.99. The van der Waals surface area contributed by atoms with E-state index in [1.807, 2.05) is 13.8 Å². The van der Waals surface area contributed by atoms with Crippen molar-refractivity contribution in [3.8, 4) is 0 Å². The van der Waals surface area contributed by atoms with E-state index in [1.54, 1.807) is 0 Å². The monoisotopic (exact) mass is 479 g/mol. The third-order valence-corrected chi connectivity index (χ3v) is 6.02. The van der Waals surface area contributed by atoms with Crippen LogP contribution in [0.3, 0.4) is 0 Å². The second-order valence-electron chi connectivity index (χ2n) is 8.99. The van der Waals surface area contributed by atoms with Crippen LogP contribution in [0, 0.1) is 5.92 Å². The van der Waals surface area contributed by atoms with Gasteiger partial charge in [0, 0.05) is 24.9 Å². The van der Waals surface area contributed by atoms with Crippen molar-refractivity contribution in [1.29, 1.82) is 0 Å². The molecule has 2 rings (SSSR count). The predicted molar refractivity (Wildman–Crippen MR) is 124 cm³/mol. The topological polar surface area (TPSA) is 197 Å². The highest BCUT2D eigenvalue weighted by Gasteiger charge is 2.38. The van der Waals surface area contributed by atoms with Crippen molar-refractivity contribution < 1.29 is 24.3 Å². The van der Waals surface area contributed by atoms with E-state index in [0.29, 0.717) is 44.5 Å². The van der Waals surface area contributed by atoms with Crippen LogP contribution in [0.5, 0.6) is 0 Å². The molecule has 1 aliphatic heterocycles. The second-order valence-corrected chi connectivity index (χ2v) is 8.99. The molecule has 0 radical (unpaired) electrons. The summed E-state index contributed by atoms with van der Waals surface area (Å²) in [5.74, 6) is -2.64. The lowest BCUT2D eigenvalue weighted by atomic mass is 10.0. The number of aromatic amines is 1. The number of carboxylic acid groups (broad SMARTS) is 1. The van der Waals surface area contributed by atoms with Crippen molar-refractivity contribution in [2.75, 3.05) is 13.1 Å². The van der Waals surface area contributed by atoms with Crippen LogP contribution in [0.1, 0.15) is 51.6 Å². The molecule has 12 heteroatoms. The Labute approximate surface area is 199 Å². The Morgan fingerprint density at radius 1 is 1.24 bits per heavy atom. The summed E-state index contributed by atoms with van der Waals surface area (Å²) in [6, 6.07) is -3.62. The average molecular weight is 480 g/mol. The number of aromatic nitrogens is 2. The van der Waals surface area contributed by atoms with E-state index in [9.17, 15) is 24.3 Å². The molecule has 4 unspecified atom stereocenters. The fourth-order valence-corrected chi connectivity index (χ4v) is 3.90. The summed E-state index contributed by atoms with van der Waals surface area (Å²) in [7, 11) is 0. The largest absolute Gasteiger partial charge is 0.480 e. The van der Waals surface area contributed by atoms with Crippen LogP contribution in [0.15, 0.2) is 12.5 Å². The van der Waals surface area contributed by atoms with Gasteiger partial charge in [-0.1, -0.05) is 13.8 Å². The van der Waals surface area contributed by atoms with E-state index in [0.717, 1.165) is 0 Å². The number of aliphatic carboxylic acids is 1. The molecule has 2 heterocycles. The number of nitrogens with one attached hydrogen (secondary N) is 3. The van der Waals surface area contributed by atoms with Crippen molar-refractivity contribution >= 4 is 23.7 Å². The predicted octanol–water partition coefficient (Wildman–Crippen LogP) is -0.890. The van der Waals surface area contributed by atoms with Gasteiger partial charge < -0.3 is 37.1 Å². The Morgan fingerprint density at radius 2 is 1.97 bits per heavy atom. The van der Waals surface area contributed by atoms with Gasteiger partial charge in [-0.3, -0.25) is 14.4 Å². The molecule has 1 aliphatic rings. The maximum Gasteiger partial charge on any atom is 0.326 e. The SMILES string of the molecule is CC(C)C(N)C(=O)N1CCCC1C(=O)NC(Cc1cnc[nH]1)C(=O)NC(CCCCN)C(=O)O. The number of hydrogen-bond donors (Lipinski definition) is 6. The Morgan fingerprint density at radius 3 is 2.56 bits per heavy atom. The molecule has 1 aromatic rings. The first-order valence-corrected chi connectivity index (χ1v) is 11.7. The first kappa shape index (κ1) is 27.3. The van der Waals surface area contributed by atoms with Gasteiger partial charge >= 0.3 is 5.97 Å². The van der Waals surface area contributed by atoms with Crippen molar-refractivity contribution in [2.45, 2.75) is 76.5 Å². The molecule has 1 aromatic heterocycles. The Kier molecular flexibility index (Phi) is 10.5. The number of rotatable bonds is 13. The normalized spacial score (nSPS) is 18.4. The molecular formula is C22H37N7O5. The number of unbranched alkanes of at least 4 members (excludes halogenated alkanes) is 1. The van der Waals surface area contributed by atoms with E-state index in [2.05, 4.69) is 20.6 Å². The molecule has 0 bridgehead atoms. The number of carbonyl (C=O) groups is 4. The molecule has 34 heavy (non-hydrogen) atoms. The highest BCUT2D eigenvalue weighted by atomic mass is 16.4. The van der Waals surface area contributed by atoms with Crippen LogP contribution in [0.4, 0.5) is 0 Å². The summed E-state index contributed by atoms with van der Waals surface area (Å²) in [4.78, 5) is 58.9. The number of nitrogens with two attached hydrogens (primary N) is 2. The molecule has 8 N–H and O–H groups in total. The molecule has 0 aromatic carbocycles. The lowest BCUT2D eigenvalue weighted by Crippen LogP contribution is -2.57. The Balaban J connectivity index is 2.13. The number of nitrogens with zero attached hydrogens (tertiary/aromatic N) is 2. The quantitative estimate of drug-likeness (QED) is 0.196. The number of hydrogen-bond acceptors (Lipinski definition) is 7.